The van der Waals surface area contributed by atoms with Crippen molar-refractivity contribution in [2.24, 2.45) is 5.92 Å². The van der Waals surface area contributed by atoms with Crippen LogP contribution in [-0.2, 0) is 0 Å². The zero-order valence-electron chi connectivity index (χ0n) is 13.7. The number of aryl methyl sites for hydroxylation is 1. The van der Waals surface area contributed by atoms with E-state index in [4.69, 9.17) is 0 Å². The van der Waals surface area contributed by atoms with Crippen molar-refractivity contribution in [2.75, 3.05) is 13.1 Å². The summed E-state index contributed by atoms with van der Waals surface area (Å²) in [4.78, 5) is 29.9. The van der Waals surface area contributed by atoms with Crippen molar-refractivity contribution in [3.63, 3.8) is 0 Å². The van der Waals surface area contributed by atoms with E-state index in [0.29, 0.717) is 17.2 Å². The average molecular weight is 290 g/mol. The molecule has 0 aliphatic carbocycles. The summed E-state index contributed by atoms with van der Waals surface area (Å²) >= 11 is 0. The number of H-pyrrole nitrogens is 1. The monoisotopic (exact) mass is 290 g/mol. The summed E-state index contributed by atoms with van der Waals surface area (Å²) in [7, 11) is 0. The van der Waals surface area contributed by atoms with E-state index in [1.807, 2.05) is 20.8 Å². The van der Waals surface area contributed by atoms with Crippen molar-refractivity contribution in [1.82, 2.24) is 9.88 Å². The number of aromatic amines is 1. The smallest absolute Gasteiger partial charge is 0.196 e. The Hall–Kier alpha value is -1.42. The van der Waals surface area contributed by atoms with Crippen LogP contribution in [0.5, 0.6) is 0 Å². The minimum absolute atomic E-state index is 0.0135. The van der Waals surface area contributed by atoms with Gasteiger partial charge < -0.3 is 4.98 Å². The molecule has 116 valence electrons. The number of Topliss-reactive ketones (excluding diaryl/α,β-unsaturated/α-hetero) is 2. The Kier molecular flexibility index (Phi) is 4.67. The molecular formula is C17H26N2O2. The summed E-state index contributed by atoms with van der Waals surface area (Å²) in [5.41, 5.74) is 2.85. The van der Waals surface area contributed by atoms with Crippen LogP contribution in [-0.4, -0.2) is 40.6 Å². The van der Waals surface area contributed by atoms with Crippen LogP contribution in [0.4, 0.5) is 0 Å². The molecule has 4 nitrogen and oxygen atoms in total. The molecule has 0 bridgehead atoms. The molecule has 1 aromatic heterocycles. The molecule has 2 unspecified atom stereocenters. The van der Waals surface area contributed by atoms with Gasteiger partial charge in [0.15, 0.2) is 11.6 Å². The summed E-state index contributed by atoms with van der Waals surface area (Å²) in [6, 6.07) is -0.135. The number of aromatic nitrogens is 1. The molecule has 4 heteroatoms. The van der Waals surface area contributed by atoms with Crippen LogP contribution in [0.2, 0.25) is 0 Å². The van der Waals surface area contributed by atoms with Crippen LogP contribution < -0.4 is 0 Å². The molecule has 1 aliphatic heterocycles. The molecular weight excluding hydrogens is 264 g/mol. The molecule has 0 aromatic carbocycles. The summed E-state index contributed by atoms with van der Waals surface area (Å²) in [5.74, 6) is 0.755. The highest BCUT2D eigenvalue weighted by Crippen LogP contribution is 2.23. The van der Waals surface area contributed by atoms with Gasteiger partial charge in [0.25, 0.3) is 0 Å². The molecule has 1 aliphatic rings. The maximum Gasteiger partial charge on any atom is 0.196 e. The first-order valence-corrected chi connectivity index (χ1v) is 7.81. The number of carbonyl (C=O) groups excluding carboxylic acids is 2. The lowest BCUT2D eigenvalue weighted by atomic mass is 9.96. The van der Waals surface area contributed by atoms with E-state index in [9.17, 15) is 9.59 Å². The predicted octanol–water partition coefficient (Wildman–Crippen LogP) is 3.14. The van der Waals surface area contributed by atoms with Gasteiger partial charge in [-0.05, 0) is 58.6 Å². The number of hydrogen-bond acceptors (Lipinski definition) is 3. The maximum atomic E-state index is 12.8. The number of hydrogen-bond donors (Lipinski definition) is 1. The Morgan fingerprint density at radius 2 is 2.00 bits per heavy atom. The third-order valence-electron chi connectivity index (χ3n) is 4.65. The molecule has 1 fully saturated rings. The van der Waals surface area contributed by atoms with E-state index in [0.717, 1.165) is 30.8 Å². The third-order valence-corrected chi connectivity index (χ3v) is 4.65. The number of piperidine rings is 1. The van der Waals surface area contributed by atoms with Gasteiger partial charge >= 0.3 is 0 Å². The van der Waals surface area contributed by atoms with Gasteiger partial charge in [0, 0.05) is 17.8 Å². The first-order valence-electron chi connectivity index (χ1n) is 7.81. The van der Waals surface area contributed by atoms with Gasteiger partial charge in [-0.3, -0.25) is 14.5 Å². The van der Waals surface area contributed by atoms with Gasteiger partial charge in [-0.25, -0.2) is 0 Å². The molecule has 0 radical (unpaired) electrons. The van der Waals surface area contributed by atoms with Crippen LogP contribution in [0.15, 0.2) is 0 Å². The van der Waals surface area contributed by atoms with Gasteiger partial charge in [0.1, 0.15) is 0 Å². The minimum Gasteiger partial charge on any atom is -0.355 e. The fraction of sp³-hybridized carbons (Fsp3) is 0.647. The van der Waals surface area contributed by atoms with E-state index >= 15 is 0 Å². The second kappa shape index (κ2) is 6.14. The van der Waals surface area contributed by atoms with Crippen molar-refractivity contribution < 1.29 is 9.59 Å². The summed E-state index contributed by atoms with van der Waals surface area (Å²) in [6.07, 6.45) is 2.40. The van der Waals surface area contributed by atoms with Crippen molar-refractivity contribution in [2.45, 2.75) is 53.5 Å². The Bertz CT molecular complexity index is 559. The fourth-order valence-corrected chi connectivity index (χ4v) is 3.48. The number of carbonyl (C=O) groups is 2. The normalized spacial score (nSPS) is 21.3. The minimum atomic E-state index is -0.135. The number of rotatable bonds is 4. The topological polar surface area (TPSA) is 53.2 Å². The Labute approximate surface area is 126 Å². The number of ketones is 2. The van der Waals surface area contributed by atoms with E-state index in [1.165, 1.54) is 6.42 Å². The van der Waals surface area contributed by atoms with Crippen molar-refractivity contribution in [3.8, 4) is 0 Å². The first-order chi connectivity index (χ1) is 9.82. The Morgan fingerprint density at radius 1 is 1.33 bits per heavy atom. The van der Waals surface area contributed by atoms with E-state index in [-0.39, 0.29) is 17.6 Å². The number of nitrogens with zero attached hydrogens (tertiary/aromatic N) is 1. The zero-order valence-corrected chi connectivity index (χ0v) is 13.7. The van der Waals surface area contributed by atoms with Crippen molar-refractivity contribution >= 4 is 11.6 Å². The summed E-state index contributed by atoms with van der Waals surface area (Å²) in [6.45, 7) is 11.4. The van der Waals surface area contributed by atoms with Crippen LogP contribution in [0.25, 0.3) is 0 Å². The maximum absolute atomic E-state index is 12.8. The molecule has 1 saturated heterocycles. The van der Waals surface area contributed by atoms with Gasteiger partial charge in [-0.2, -0.15) is 0 Å². The number of likely N-dealkylation sites (tertiary alicyclic amines) is 1. The molecule has 21 heavy (non-hydrogen) atoms. The van der Waals surface area contributed by atoms with Crippen LogP contribution in [0, 0.1) is 19.8 Å². The van der Waals surface area contributed by atoms with Crippen LogP contribution in [0.3, 0.4) is 0 Å². The Balaban J connectivity index is 2.23. The van der Waals surface area contributed by atoms with Gasteiger partial charge in [0.2, 0.25) is 0 Å². The van der Waals surface area contributed by atoms with Gasteiger partial charge in [-0.15, -0.1) is 0 Å². The van der Waals surface area contributed by atoms with E-state index in [1.54, 1.807) is 6.92 Å². The van der Waals surface area contributed by atoms with Crippen molar-refractivity contribution in [3.05, 3.63) is 22.5 Å². The first kappa shape index (κ1) is 16.0. The zero-order chi connectivity index (χ0) is 15.7. The van der Waals surface area contributed by atoms with Gasteiger partial charge in [-0.1, -0.05) is 6.92 Å². The molecule has 2 heterocycles. The molecule has 0 spiro atoms. The van der Waals surface area contributed by atoms with E-state index < -0.39 is 0 Å². The highest BCUT2D eigenvalue weighted by Gasteiger charge is 2.29. The summed E-state index contributed by atoms with van der Waals surface area (Å²) in [5, 5.41) is 0. The second-order valence-corrected chi connectivity index (χ2v) is 6.46. The lowest BCUT2D eigenvalue weighted by Crippen LogP contribution is -2.44. The van der Waals surface area contributed by atoms with Gasteiger partial charge in [0.05, 0.1) is 11.7 Å². The van der Waals surface area contributed by atoms with E-state index in [2.05, 4.69) is 16.8 Å². The van der Waals surface area contributed by atoms with Crippen LogP contribution in [0.1, 0.15) is 65.7 Å². The quantitative estimate of drug-likeness (QED) is 0.867. The predicted molar refractivity (Wildman–Crippen MR) is 84.0 cm³/mol. The summed E-state index contributed by atoms with van der Waals surface area (Å²) < 4.78 is 0. The highest BCUT2D eigenvalue weighted by atomic mass is 16.1. The standard InChI is InChI=1S/C17H26N2O2/c1-10-7-6-8-19(9-10)13(4)17(21)16-11(2)15(14(5)20)12(3)18-16/h10,13,18H,6-9H2,1-5H3. The average Bonchev–Trinajstić information content (AvgIpc) is 2.72. The third kappa shape index (κ3) is 3.10. The molecule has 1 aromatic rings. The van der Waals surface area contributed by atoms with Crippen LogP contribution >= 0.6 is 0 Å². The molecule has 1 N–H and O–H groups in total. The molecule has 2 atom stereocenters. The molecule has 2 rings (SSSR count). The molecule has 0 amide bonds. The highest BCUT2D eigenvalue weighted by molar-refractivity contribution is 6.05. The Morgan fingerprint density at radius 3 is 2.52 bits per heavy atom. The lowest BCUT2D eigenvalue weighted by Gasteiger charge is -2.34. The fourth-order valence-electron chi connectivity index (χ4n) is 3.48. The largest absolute Gasteiger partial charge is 0.355 e. The molecule has 0 saturated carbocycles. The second-order valence-electron chi connectivity index (χ2n) is 6.46. The SMILES string of the molecule is CC(=O)c1c(C)[nH]c(C(=O)C(C)N2CCCC(C)C2)c1C. The van der Waals surface area contributed by atoms with Crippen molar-refractivity contribution in [1.29, 1.82) is 0 Å². The number of nitrogens with one attached hydrogen (secondary N) is 1. The lowest BCUT2D eigenvalue weighted by molar-refractivity contribution is 0.0759.